The van der Waals surface area contributed by atoms with Crippen LogP contribution >= 0.6 is 0 Å². The smallest absolute Gasteiger partial charge is 0.261 e. The van der Waals surface area contributed by atoms with Crippen molar-refractivity contribution in [3.63, 3.8) is 0 Å². The van der Waals surface area contributed by atoms with Crippen molar-refractivity contribution in [2.45, 2.75) is 19.4 Å². The summed E-state index contributed by atoms with van der Waals surface area (Å²) in [7, 11) is 3.20. The minimum atomic E-state index is -0.495. The average molecular weight is 267 g/mol. The number of ether oxygens (including phenoxy) is 3. The molecule has 5 heteroatoms. The van der Waals surface area contributed by atoms with Gasteiger partial charge in [-0.2, -0.15) is 0 Å². The first kappa shape index (κ1) is 15.3. The molecule has 0 radical (unpaired) electrons. The molecule has 1 rings (SSSR count). The molecule has 1 N–H and O–H groups in total. The van der Waals surface area contributed by atoms with Gasteiger partial charge in [0.15, 0.2) is 6.10 Å². The molecule has 0 bridgehead atoms. The fourth-order valence-electron chi connectivity index (χ4n) is 1.53. The van der Waals surface area contributed by atoms with Crippen molar-refractivity contribution in [2.24, 2.45) is 0 Å². The highest BCUT2D eigenvalue weighted by Gasteiger charge is 2.17. The number of methoxy groups -OCH3 is 2. The number of rotatable bonds is 8. The molecule has 0 aliphatic carbocycles. The van der Waals surface area contributed by atoms with Crippen molar-refractivity contribution < 1.29 is 19.0 Å². The van der Waals surface area contributed by atoms with Crippen molar-refractivity contribution >= 4 is 5.91 Å². The van der Waals surface area contributed by atoms with Gasteiger partial charge in [-0.05, 0) is 30.7 Å². The van der Waals surface area contributed by atoms with Gasteiger partial charge in [0.2, 0.25) is 0 Å². The fourth-order valence-corrected chi connectivity index (χ4v) is 1.53. The SMILES string of the molecule is CC[C@H](Oc1ccc(OC)cc1)C(=O)NCCOC. The third-order valence-electron chi connectivity index (χ3n) is 2.61. The van der Waals surface area contributed by atoms with Gasteiger partial charge in [0.05, 0.1) is 13.7 Å². The van der Waals surface area contributed by atoms with Gasteiger partial charge in [-0.1, -0.05) is 6.92 Å². The molecule has 0 unspecified atom stereocenters. The topological polar surface area (TPSA) is 56.8 Å². The van der Waals surface area contributed by atoms with E-state index in [9.17, 15) is 4.79 Å². The molecule has 0 spiro atoms. The molecule has 0 saturated carbocycles. The van der Waals surface area contributed by atoms with Gasteiger partial charge in [-0.15, -0.1) is 0 Å². The zero-order valence-corrected chi connectivity index (χ0v) is 11.6. The molecule has 1 aromatic rings. The monoisotopic (exact) mass is 267 g/mol. The second kappa shape index (κ2) is 8.37. The zero-order chi connectivity index (χ0) is 14.1. The highest BCUT2D eigenvalue weighted by Crippen LogP contribution is 2.18. The maximum atomic E-state index is 11.9. The maximum absolute atomic E-state index is 11.9. The van der Waals surface area contributed by atoms with E-state index in [-0.39, 0.29) is 5.91 Å². The fraction of sp³-hybridized carbons (Fsp3) is 0.500. The van der Waals surface area contributed by atoms with E-state index in [4.69, 9.17) is 14.2 Å². The lowest BCUT2D eigenvalue weighted by molar-refractivity contribution is -0.128. The predicted octanol–water partition coefficient (Wildman–Crippen LogP) is 1.62. The number of hydrogen-bond acceptors (Lipinski definition) is 4. The Hall–Kier alpha value is -1.75. The summed E-state index contributed by atoms with van der Waals surface area (Å²) < 4.78 is 15.6. The van der Waals surface area contributed by atoms with Crippen LogP contribution in [0.3, 0.4) is 0 Å². The molecule has 0 heterocycles. The van der Waals surface area contributed by atoms with E-state index in [0.29, 0.717) is 25.3 Å². The minimum Gasteiger partial charge on any atom is -0.497 e. The predicted molar refractivity (Wildman–Crippen MR) is 72.6 cm³/mol. The number of nitrogens with one attached hydrogen (secondary N) is 1. The Balaban J connectivity index is 2.52. The molecule has 0 aliphatic rings. The molecule has 0 aromatic heterocycles. The first-order valence-corrected chi connectivity index (χ1v) is 6.28. The van der Waals surface area contributed by atoms with Crippen LogP contribution in [0.1, 0.15) is 13.3 Å². The van der Waals surface area contributed by atoms with Gasteiger partial charge in [0, 0.05) is 13.7 Å². The molecule has 106 valence electrons. The second-order valence-corrected chi connectivity index (χ2v) is 3.97. The number of carbonyl (C=O) groups excluding carboxylic acids is 1. The summed E-state index contributed by atoms with van der Waals surface area (Å²) in [4.78, 5) is 11.9. The van der Waals surface area contributed by atoms with E-state index in [1.165, 1.54) is 0 Å². The molecule has 1 aromatic carbocycles. The molecule has 1 amide bonds. The highest BCUT2D eigenvalue weighted by atomic mass is 16.5. The van der Waals surface area contributed by atoms with Crippen LogP contribution in [0.5, 0.6) is 11.5 Å². The van der Waals surface area contributed by atoms with Crippen LogP contribution in [-0.4, -0.2) is 39.4 Å². The van der Waals surface area contributed by atoms with E-state index >= 15 is 0 Å². The van der Waals surface area contributed by atoms with E-state index in [0.717, 1.165) is 5.75 Å². The Kier molecular flexibility index (Phi) is 6.74. The van der Waals surface area contributed by atoms with Gasteiger partial charge in [-0.3, -0.25) is 4.79 Å². The Morgan fingerprint density at radius 1 is 1.21 bits per heavy atom. The standard InChI is InChI=1S/C14H21NO4/c1-4-13(14(16)15-9-10-17-2)19-12-7-5-11(18-3)6-8-12/h5-8,13H,4,9-10H2,1-3H3,(H,15,16)/t13-/m0/s1. The zero-order valence-electron chi connectivity index (χ0n) is 11.6. The molecule has 5 nitrogen and oxygen atoms in total. The van der Waals surface area contributed by atoms with E-state index in [1.807, 2.05) is 6.92 Å². The molecule has 0 fully saturated rings. The summed E-state index contributed by atoms with van der Waals surface area (Å²) in [6, 6.07) is 7.16. The molecular weight excluding hydrogens is 246 g/mol. The first-order valence-electron chi connectivity index (χ1n) is 6.28. The first-order chi connectivity index (χ1) is 9.21. The lowest BCUT2D eigenvalue weighted by atomic mass is 10.2. The molecule has 0 aliphatic heterocycles. The van der Waals surface area contributed by atoms with Crippen LogP contribution in [0, 0.1) is 0 Å². The lowest BCUT2D eigenvalue weighted by Crippen LogP contribution is -2.39. The highest BCUT2D eigenvalue weighted by molar-refractivity contribution is 5.81. The van der Waals surface area contributed by atoms with Gasteiger partial charge in [-0.25, -0.2) is 0 Å². The third-order valence-corrected chi connectivity index (χ3v) is 2.61. The summed E-state index contributed by atoms with van der Waals surface area (Å²) in [6.45, 7) is 2.88. The Labute approximate surface area is 113 Å². The maximum Gasteiger partial charge on any atom is 0.261 e. The van der Waals surface area contributed by atoms with Crippen molar-refractivity contribution in [3.05, 3.63) is 24.3 Å². The van der Waals surface area contributed by atoms with Gasteiger partial charge >= 0.3 is 0 Å². The number of carbonyl (C=O) groups is 1. The summed E-state index contributed by atoms with van der Waals surface area (Å²) in [6.07, 6.45) is 0.107. The summed E-state index contributed by atoms with van der Waals surface area (Å²) in [5, 5.41) is 2.76. The summed E-state index contributed by atoms with van der Waals surface area (Å²) in [5.41, 5.74) is 0. The third kappa shape index (κ3) is 5.18. The number of hydrogen-bond donors (Lipinski definition) is 1. The Morgan fingerprint density at radius 3 is 2.37 bits per heavy atom. The van der Waals surface area contributed by atoms with Gasteiger partial charge in [0.1, 0.15) is 11.5 Å². The van der Waals surface area contributed by atoms with Crippen LogP contribution in [0.4, 0.5) is 0 Å². The molecule has 1 atom stereocenters. The summed E-state index contributed by atoms with van der Waals surface area (Å²) >= 11 is 0. The number of benzene rings is 1. The van der Waals surface area contributed by atoms with E-state index in [1.54, 1.807) is 38.5 Å². The molecular formula is C14H21NO4. The largest absolute Gasteiger partial charge is 0.497 e. The molecule has 0 saturated heterocycles. The van der Waals surface area contributed by atoms with Crippen LogP contribution < -0.4 is 14.8 Å². The van der Waals surface area contributed by atoms with E-state index in [2.05, 4.69) is 5.32 Å². The Morgan fingerprint density at radius 2 is 1.84 bits per heavy atom. The molecule has 19 heavy (non-hydrogen) atoms. The van der Waals surface area contributed by atoms with Crippen molar-refractivity contribution in [1.29, 1.82) is 0 Å². The van der Waals surface area contributed by atoms with Crippen LogP contribution in [-0.2, 0) is 9.53 Å². The normalized spacial score (nSPS) is 11.7. The number of amides is 1. The second-order valence-electron chi connectivity index (χ2n) is 3.97. The minimum absolute atomic E-state index is 0.129. The van der Waals surface area contributed by atoms with Gasteiger partial charge < -0.3 is 19.5 Å². The average Bonchev–Trinajstić information content (AvgIpc) is 2.45. The van der Waals surface area contributed by atoms with Gasteiger partial charge in [0.25, 0.3) is 5.91 Å². The quantitative estimate of drug-likeness (QED) is 0.727. The van der Waals surface area contributed by atoms with E-state index < -0.39 is 6.10 Å². The van der Waals surface area contributed by atoms with Crippen LogP contribution in [0.2, 0.25) is 0 Å². The van der Waals surface area contributed by atoms with Crippen molar-refractivity contribution in [3.8, 4) is 11.5 Å². The Bertz CT molecular complexity index is 378. The van der Waals surface area contributed by atoms with Crippen molar-refractivity contribution in [2.75, 3.05) is 27.4 Å². The van der Waals surface area contributed by atoms with Crippen molar-refractivity contribution in [1.82, 2.24) is 5.32 Å². The summed E-state index contributed by atoms with van der Waals surface area (Å²) in [5.74, 6) is 1.27. The van der Waals surface area contributed by atoms with Crippen LogP contribution in [0.25, 0.3) is 0 Å². The van der Waals surface area contributed by atoms with Crippen LogP contribution in [0.15, 0.2) is 24.3 Å². The lowest BCUT2D eigenvalue weighted by Gasteiger charge is -2.17.